The quantitative estimate of drug-likeness (QED) is 0.0414. The van der Waals surface area contributed by atoms with E-state index in [4.69, 9.17) is 34.2 Å². The molecule has 5 rings (SSSR count). The summed E-state index contributed by atoms with van der Waals surface area (Å²) in [4.78, 5) is 131. The van der Waals surface area contributed by atoms with Crippen LogP contribution in [0.1, 0.15) is 64.5 Å². The van der Waals surface area contributed by atoms with Crippen LogP contribution in [0.15, 0.2) is 17.2 Å². The molecule has 0 spiro atoms. The highest BCUT2D eigenvalue weighted by molar-refractivity contribution is 7.98. The van der Waals surface area contributed by atoms with Crippen LogP contribution in [0, 0.1) is 17.8 Å². The Morgan fingerprint density at radius 1 is 0.798 bits per heavy atom. The third-order valence-electron chi connectivity index (χ3n) is 14.7. The first-order valence-electron chi connectivity index (χ1n) is 28.1. The van der Waals surface area contributed by atoms with Gasteiger partial charge in [-0.05, 0) is 30.5 Å². The number of primary amides is 1. The SMILES string of the molecule is CCOCCOCCOCCOCCOCCSCc1c(OC)ccc2c3c([nH]c12)S(=O)C[C@H]1NC(=O)CNC(=O)[C@H]([C@@H](C)CC)CC(=O)CNC(=O)[C@H](C3)NC(=O)[C@H]([C@@H](C)[C@@H](O)CO)NC(=O)[C@@H]2C[C@@H](O)CN2C(=O)[C@H](CC(N)=O)NC1=O. The van der Waals surface area contributed by atoms with Gasteiger partial charge < -0.3 is 91.3 Å². The maximum atomic E-state index is 15.3. The largest absolute Gasteiger partial charge is 0.496 e. The lowest BCUT2D eigenvalue weighted by molar-refractivity contribution is -0.144. The van der Waals surface area contributed by atoms with Gasteiger partial charge >= 0.3 is 0 Å². The summed E-state index contributed by atoms with van der Waals surface area (Å²) in [6, 6.07) is -5.50. The average Bonchev–Trinajstić information content (AvgIpc) is 2.05. The first-order valence-corrected chi connectivity index (χ1v) is 30.6. The van der Waals surface area contributed by atoms with Crippen LogP contribution >= 0.6 is 11.8 Å². The molecule has 1 aromatic carbocycles. The van der Waals surface area contributed by atoms with E-state index in [1.165, 1.54) is 25.8 Å². The van der Waals surface area contributed by atoms with E-state index in [0.29, 0.717) is 100 Å². The molecule has 0 saturated carbocycles. The topological polar surface area (TPSA) is 404 Å². The molecule has 12 N–H and O–H groups in total. The third kappa shape index (κ3) is 20.1. The van der Waals surface area contributed by atoms with Gasteiger partial charge in [-0.25, -0.2) is 0 Å². The monoisotopic (exact) mass is 1230 g/mol. The number of aromatic nitrogens is 1. The zero-order valence-electron chi connectivity index (χ0n) is 48.2. The van der Waals surface area contributed by atoms with Crippen LogP contribution in [-0.4, -0.2) is 236 Å². The number of hydrogen-bond acceptors (Lipinski definition) is 20. The summed E-state index contributed by atoms with van der Waals surface area (Å²) in [5.41, 5.74) is 6.65. The van der Waals surface area contributed by atoms with Gasteiger partial charge in [-0.3, -0.25) is 47.4 Å². The van der Waals surface area contributed by atoms with Gasteiger partial charge in [0.1, 0.15) is 41.0 Å². The molecular weight excluding hydrogens is 1140 g/mol. The molecule has 0 radical (unpaired) electrons. The third-order valence-corrected chi connectivity index (χ3v) is 17.0. The van der Waals surface area contributed by atoms with Crippen LogP contribution in [0.3, 0.4) is 0 Å². The van der Waals surface area contributed by atoms with E-state index in [1.807, 2.05) is 6.92 Å². The number of ketones is 1. The van der Waals surface area contributed by atoms with E-state index in [9.17, 15) is 58.5 Å². The van der Waals surface area contributed by atoms with Crippen molar-refractivity contribution in [3.8, 4) is 5.75 Å². The molecule has 2 bridgehead atoms. The van der Waals surface area contributed by atoms with Gasteiger partial charge in [0.25, 0.3) is 0 Å². The Labute approximate surface area is 494 Å². The lowest BCUT2D eigenvalue weighted by Crippen LogP contribution is -2.62. The van der Waals surface area contributed by atoms with Gasteiger partial charge in [0.2, 0.25) is 47.3 Å². The molecule has 28 nitrogen and oxygen atoms in total. The molecule has 4 heterocycles. The minimum absolute atomic E-state index is 0.112. The molecule has 1 saturated heterocycles. The summed E-state index contributed by atoms with van der Waals surface area (Å²) in [5, 5.41) is 47.3. The van der Waals surface area contributed by atoms with E-state index in [-0.39, 0.29) is 16.3 Å². The Balaban J connectivity index is 1.57. The number of carbonyl (C=O) groups is 9. The van der Waals surface area contributed by atoms with Crippen LogP contribution in [0.25, 0.3) is 10.9 Å². The van der Waals surface area contributed by atoms with Crippen LogP contribution in [-0.2, 0) is 89.8 Å². The van der Waals surface area contributed by atoms with Gasteiger partial charge in [-0.15, -0.1) is 0 Å². The summed E-state index contributed by atoms with van der Waals surface area (Å²) in [7, 11) is -0.970. The molecular formula is C54H83N9O19S2. The number of thioether (sulfide) groups is 1. The molecule has 1 unspecified atom stereocenters. The summed E-state index contributed by atoms with van der Waals surface area (Å²) >= 11 is 1.46. The number of aromatic amines is 1. The number of aliphatic hydroxyl groups is 3. The standard InChI is InChI=1S/C54H83N9O19S2/c1-6-30(3)35-20-32(65)24-56-49(71)38-22-36-34-8-9-43(77-5)37(28-83-19-18-82-17-16-81-15-14-80-13-12-79-11-10-78-7-2)47(34)62-53(36)84(76)29-40(58-45(69)25-57-48(35)70)50(72)60-39(23-44(55)68)54(75)63-26-33(66)21-41(63)51(73)61-46(52(74)59-38)31(4)42(67)27-64/h8-9,30-31,33,35,38-42,46,62,64,66-67H,6-7,10-29H2,1-5H3,(H2,55,68)(H,56,71)(H,57,70)(H,58,69)(H,59,74)(H,60,72)(H,61,73)/t30-,31-,33+,35-,38-,39-,40+,41-,42-,46-,84?/m0/s1. The lowest BCUT2D eigenvalue weighted by Gasteiger charge is -2.32. The molecule has 8 amide bonds. The number of H-pyrrole nitrogens is 1. The van der Waals surface area contributed by atoms with Crippen LogP contribution in [0.4, 0.5) is 0 Å². The Morgan fingerprint density at radius 3 is 2.06 bits per heavy atom. The fraction of sp³-hybridized carbons (Fsp3) is 0.685. The normalized spacial score (nSPS) is 24.6. The lowest BCUT2D eigenvalue weighted by atomic mass is 9.86. The van der Waals surface area contributed by atoms with E-state index in [0.717, 1.165) is 4.90 Å². The highest BCUT2D eigenvalue weighted by Gasteiger charge is 2.45. The maximum absolute atomic E-state index is 15.3. The number of hydrogen-bond donors (Lipinski definition) is 11. The fourth-order valence-corrected chi connectivity index (χ4v) is 12.0. The zero-order chi connectivity index (χ0) is 61.5. The second-order valence-electron chi connectivity index (χ2n) is 20.6. The van der Waals surface area contributed by atoms with E-state index < -0.39 is 182 Å². The minimum atomic E-state index is -2.42. The van der Waals surface area contributed by atoms with Gasteiger partial charge in [0.05, 0.1) is 127 Å². The Kier molecular flexibility index (Phi) is 28.7. The molecule has 30 heteroatoms. The van der Waals surface area contributed by atoms with E-state index in [1.54, 1.807) is 26.0 Å². The number of nitrogens with one attached hydrogen (secondary N) is 7. The van der Waals surface area contributed by atoms with Crippen LogP contribution in [0.2, 0.25) is 0 Å². The van der Waals surface area contributed by atoms with Crippen molar-refractivity contribution in [2.45, 2.75) is 113 Å². The smallest absolute Gasteiger partial charge is 0.246 e. The molecule has 3 aliphatic heterocycles. The summed E-state index contributed by atoms with van der Waals surface area (Å²) in [6.45, 7) is 8.14. The van der Waals surface area contributed by atoms with Gasteiger partial charge in [0.15, 0.2) is 5.78 Å². The summed E-state index contributed by atoms with van der Waals surface area (Å²) in [5.74, 6) is -11.1. The van der Waals surface area contributed by atoms with Crippen molar-refractivity contribution in [3.05, 3.63) is 23.3 Å². The Bertz CT molecular complexity index is 2610. The second-order valence-corrected chi connectivity index (χ2v) is 23.1. The number of rotatable bonds is 26. The van der Waals surface area contributed by atoms with Gasteiger partial charge in [0, 0.05) is 66.7 Å². The molecule has 3 aliphatic rings. The molecule has 1 aromatic heterocycles. The van der Waals surface area contributed by atoms with Crippen molar-refractivity contribution >= 4 is 86.5 Å². The Hall–Kier alpha value is -5.83. The van der Waals surface area contributed by atoms with Crippen molar-refractivity contribution in [1.82, 2.24) is 41.8 Å². The molecule has 11 atom stereocenters. The fourth-order valence-electron chi connectivity index (χ4n) is 9.73. The first kappa shape index (κ1) is 68.9. The summed E-state index contributed by atoms with van der Waals surface area (Å²) in [6.07, 6.45) is -4.78. The van der Waals surface area contributed by atoms with Crippen LogP contribution < -0.4 is 42.4 Å². The molecule has 84 heavy (non-hydrogen) atoms. The molecule has 0 aliphatic carbocycles. The number of Topliss-reactive ketones (excluding diaryl/α,β-unsaturated/α-hetero) is 1. The van der Waals surface area contributed by atoms with Gasteiger partial charge in [-0.1, -0.05) is 27.2 Å². The highest BCUT2D eigenvalue weighted by Crippen LogP contribution is 2.36. The number of carbonyl (C=O) groups excluding carboxylic acids is 9. The number of benzene rings is 1. The molecule has 2 aromatic rings. The van der Waals surface area contributed by atoms with Crippen molar-refractivity contribution in [3.63, 3.8) is 0 Å². The first-order chi connectivity index (χ1) is 40.2. The van der Waals surface area contributed by atoms with Crippen molar-refractivity contribution in [2.24, 2.45) is 23.5 Å². The minimum Gasteiger partial charge on any atom is -0.496 e. The van der Waals surface area contributed by atoms with Crippen molar-refractivity contribution in [2.75, 3.05) is 111 Å². The summed E-state index contributed by atoms with van der Waals surface area (Å²) < 4.78 is 48.7. The average molecular weight is 1230 g/mol. The van der Waals surface area contributed by atoms with Crippen LogP contribution in [0.5, 0.6) is 5.75 Å². The number of nitrogens with zero attached hydrogens (tertiary/aromatic N) is 1. The van der Waals surface area contributed by atoms with Crippen molar-refractivity contribution < 1.29 is 91.1 Å². The predicted molar refractivity (Wildman–Crippen MR) is 304 cm³/mol. The highest BCUT2D eigenvalue weighted by atomic mass is 32.2. The Morgan fingerprint density at radius 2 is 1.44 bits per heavy atom. The molecule has 470 valence electrons. The van der Waals surface area contributed by atoms with E-state index in [2.05, 4.69) is 36.9 Å². The number of nitrogens with two attached hydrogens (primary N) is 1. The second kappa shape index (κ2) is 35.0. The van der Waals surface area contributed by atoms with E-state index >= 15 is 4.21 Å². The maximum Gasteiger partial charge on any atom is 0.246 e. The zero-order valence-corrected chi connectivity index (χ0v) is 49.8. The number of methoxy groups -OCH3 is 1. The predicted octanol–water partition coefficient (Wildman–Crippen LogP) is -3.19. The number of fused-ring (bicyclic) bond motifs is 5. The number of ether oxygens (including phenoxy) is 6. The molecule has 1 fully saturated rings. The van der Waals surface area contributed by atoms with Crippen molar-refractivity contribution in [1.29, 1.82) is 0 Å². The number of aliphatic hydroxyl groups excluding tert-OH is 3. The number of amides is 8. The van der Waals surface area contributed by atoms with Gasteiger partial charge in [-0.2, -0.15) is 11.8 Å².